The third-order valence-corrected chi connectivity index (χ3v) is 5.60. The van der Waals surface area contributed by atoms with Crippen molar-refractivity contribution >= 4 is 29.2 Å². The molecule has 8 nitrogen and oxygen atoms in total. The Bertz CT molecular complexity index is 1230. The zero-order valence-corrected chi connectivity index (χ0v) is 22.2. The van der Waals surface area contributed by atoms with E-state index in [1.165, 1.54) is 12.7 Å². The molecule has 0 bridgehead atoms. The van der Waals surface area contributed by atoms with Crippen LogP contribution >= 0.6 is 0 Å². The van der Waals surface area contributed by atoms with Crippen LogP contribution in [0.3, 0.4) is 0 Å². The molecule has 0 aliphatic heterocycles. The number of hydrogen-bond acceptors (Lipinski definition) is 6. The summed E-state index contributed by atoms with van der Waals surface area (Å²) in [5.74, 6) is 0.766. The largest absolute Gasteiger partial charge is 0.497 e. The summed E-state index contributed by atoms with van der Waals surface area (Å²) in [6.45, 7) is 6.08. The summed E-state index contributed by atoms with van der Waals surface area (Å²) in [6.07, 6.45) is 0.470. The summed E-state index contributed by atoms with van der Waals surface area (Å²) >= 11 is 0. The first-order valence-corrected chi connectivity index (χ1v) is 12.4. The smallest absolute Gasteiger partial charge is 0.306 e. The maximum Gasteiger partial charge on any atom is 0.306 e. The molecule has 0 aromatic heterocycles. The van der Waals surface area contributed by atoms with Gasteiger partial charge in [0.25, 0.3) is 5.91 Å². The highest BCUT2D eigenvalue weighted by atomic mass is 16.5. The van der Waals surface area contributed by atoms with Crippen LogP contribution in [-0.4, -0.2) is 31.5 Å². The predicted octanol–water partition coefficient (Wildman–Crippen LogP) is 6.08. The molecule has 3 aromatic rings. The quantitative estimate of drug-likeness (QED) is 0.299. The van der Waals surface area contributed by atoms with Gasteiger partial charge in [-0.3, -0.25) is 14.4 Å². The molecule has 3 aromatic carbocycles. The lowest BCUT2D eigenvalue weighted by Gasteiger charge is -2.19. The van der Waals surface area contributed by atoms with E-state index in [0.29, 0.717) is 29.3 Å². The second-order valence-electron chi connectivity index (χ2n) is 9.74. The van der Waals surface area contributed by atoms with Crippen molar-refractivity contribution in [1.29, 1.82) is 0 Å². The lowest BCUT2D eigenvalue weighted by Crippen LogP contribution is -2.21. The molecule has 0 saturated carbocycles. The number of ether oxygens (including phenoxy) is 3. The minimum absolute atomic E-state index is 0.0284. The molecule has 0 heterocycles. The molecule has 0 aliphatic rings. The van der Waals surface area contributed by atoms with Gasteiger partial charge in [0, 0.05) is 30.3 Å². The SMILES string of the molecule is COc1cccc(NC(=O)COC(=O)CCCC(=O)Nc2ccc(Oc3ccc(C(C)(C)C)cc3)cc2)c1. The first-order valence-electron chi connectivity index (χ1n) is 12.4. The highest BCUT2D eigenvalue weighted by Crippen LogP contribution is 2.27. The van der Waals surface area contributed by atoms with Crippen LogP contribution < -0.4 is 20.1 Å². The Morgan fingerprint density at radius 3 is 2.00 bits per heavy atom. The summed E-state index contributed by atoms with van der Waals surface area (Å²) in [7, 11) is 1.53. The van der Waals surface area contributed by atoms with Crippen molar-refractivity contribution in [2.24, 2.45) is 0 Å². The Hall–Kier alpha value is -4.33. The van der Waals surface area contributed by atoms with Gasteiger partial charge in [-0.2, -0.15) is 0 Å². The van der Waals surface area contributed by atoms with Crippen LogP contribution in [0.15, 0.2) is 72.8 Å². The van der Waals surface area contributed by atoms with E-state index in [4.69, 9.17) is 14.2 Å². The molecule has 0 fully saturated rings. The van der Waals surface area contributed by atoms with Gasteiger partial charge in [0.05, 0.1) is 7.11 Å². The van der Waals surface area contributed by atoms with E-state index in [9.17, 15) is 14.4 Å². The van der Waals surface area contributed by atoms with E-state index in [0.717, 1.165) is 5.75 Å². The second kappa shape index (κ2) is 13.3. The normalized spacial score (nSPS) is 10.8. The molecule has 0 saturated heterocycles. The minimum atomic E-state index is -0.546. The number of benzene rings is 3. The third-order valence-electron chi connectivity index (χ3n) is 5.60. The summed E-state index contributed by atoms with van der Waals surface area (Å²) in [6, 6.07) is 21.9. The number of methoxy groups -OCH3 is 1. The monoisotopic (exact) mass is 518 g/mol. The number of nitrogens with one attached hydrogen (secondary N) is 2. The fourth-order valence-corrected chi connectivity index (χ4v) is 3.50. The number of amides is 2. The van der Waals surface area contributed by atoms with Gasteiger partial charge in [0.2, 0.25) is 5.91 Å². The molecular formula is C30H34N2O6. The van der Waals surface area contributed by atoms with Gasteiger partial charge in [0.1, 0.15) is 17.2 Å². The van der Waals surface area contributed by atoms with E-state index in [1.54, 1.807) is 48.5 Å². The lowest BCUT2D eigenvalue weighted by molar-refractivity contribution is -0.147. The second-order valence-corrected chi connectivity index (χ2v) is 9.74. The van der Waals surface area contributed by atoms with Crippen molar-refractivity contribution in [1.82, 2.24) is 0 Å². The number of hydrogen-bond donors (Lipinski definition) is 2. The predicted molar refractivity (Wildman–Crippen MR) is 147 cm³/mol. The van der Waals surface area contributed by atoms with Crippen LogP contribution in [0.2, 0.25) is 0 Å². The van der Waals surface area contributed by atoms with Crippen molar-refractivity contribution in [3.63, 3.8) is 0 Å². The molecule has 38 heavy (non-hydrogen) atoms. The standard InChI is InChI=1S/C30H34N2O6/c1-30(2,3)21-11-15-24(16-12-21)38-25-17-13-22(14-18-25)31-27(33)9-6-10-29(35)37-20-28(34)32-23-7-5-8-26(19-23)36-4/h5,7-8,11-19H,6,9-10,20H2,1-4H3,(H,31,33)(H,32,34). The van der Waals surface area contributed by atoms with Gasteiger partial charge in [-0.05, 0) is 65.9 Å². The molecule has 2 N–H and O–H groups in total. The first kappa shape index (κ1) is 28.2. The Morgan fingerprint density at radius 1 is 0.737 bits per heavy atom. The average molecular weight is 519 g/mol. The number of anilines is 2. The topological polar surface area (TPSA) is 103 Å². The Kier molecular flexibility index (Phi) is 9.87. The zero-order valence-electron chi connectivity index (χ0n) is 22.2. The molecule has 0 radical (unpaired) electrons. The number of carbonyl (C=O) groups is 3. The lowest BCUT2D eigenvalue weighted by atomic mass is 9.87. The van der Waals surface area contributed by atoms with Crippen molar-refractivity contribution in [3.8, 4) is 17.2 Å². The van der Waals surface area contributed by atoms with Crippen LogP contribution in [0.25, 0.3) is 0 Å². The van der Waals surface area contributed by atoms with Crippen LogP contribution in [0.5, 0.6) is 17.2 Å². The molecule has 0 aliphatic carbocycles. The number of carbonyl (C=O) groups excluding carboxylic acids is 3. The van der Waals surface area contributed by atoms with Crippen molar-refractivity contribution in [2.75, 3.05) is 24.4 Å². The highest BCUT2D eigenvalue weighted by Gasteiger charge is 2.13. The summed E-state index contributed by atoms with van der Waals surface area (Å²) < 4.78 is 16.0. The van der Waals surface area contributed by atoms with Crippen LogP contribution in [0, 0.1) is 0 Å². The molecule has 8 heteroatoms. The fourth-order valence-electron chi connectivity index (χ4n) is 3.50. The van der Waals surface area contributed by atoms with Gasteiger partial charge in [-0.25, -0.2) is 0 Å². The molecular weight excluding hydrogens is 484 g/mol. The van der Waals surface area contributed by atoms with E-state index in [1.807, 2.05) is 12.1 Å². The summed E-state index contributed by atoms with van der Waals surface area (Å²) in [4.78, 5) is 36.1. The van der Waals surface area contributed by atoms with Crippen molar-refractivity contribution < 1.29 is 28.6 Å². The summed E-state index contributed by atoms with van der Waals surface area (Å²) in [5, 5.41) is 5.43. The first-order chi connectivity index (χ1) is 18.1. The Balaban J connectivity index is 1.34. The van der Waals surface area contributed by atoms with Gasteiger partial charge in [-0.1, -0.05) is 39.0 Å². The maximum absolute atomic E-state index is 12.2. The Morgan fingerprint density at radius 2 is 1.37 bits per heavy atom. The highest BCUT2D eigenvalue weighted by molar-refractivity contribution is 5.93. The number of rotatable bonds is 11. The van der Waals surface area contributed by atoms with Crippen LogP contribution in [0.1, 0.15) is 45.6 Å². The average Bonchev–Trinajstić information content (AvgIpc) is 2.88. The Labute approximate surface area is 223 Å². The molecule has 0 spiro atoms. The van der Waals surface area contributed by atoms with E-state index >= 15 is 0 Å². The molecule has 2 amide bonds. The summed E-state index contributed by atoms with van der Waals surface area (Å²) in [5.41, 5.74) is 2.47. The minimum Gasteiger partial charge on any atom is -0.497 e. The number of esters is 1. The molecule has 0 atom stereocenters. The van der Waals surface area contributed by atoms with Crippen LogP contribution in [0.4, 0.5) is 11.4 Å². The zero-order chi connectivity index (χ0) is 27.5. The third kappa shape index (κ3) is 9.28. The maximum atomic E-state index is 12.2. The van der Waals surface area contributed by atoms with Crippen molar-refractivity contribution in [2.45, 2.75) is 45.4 Å². The van der Waals surface area contributed by atoms with Gasteiger partial charge in [0.15, 0.2) is 6.61 Å². The fraction of sp³-hybridized carbons (Fsp3) is 0.300. The van der Waals surface area contributed by atoms with Crippen LogP contribution in [-0.2, 0) is 24.5 Å². The molecule has 0 unspecified atom stereocenters. The van der Waals surface area contributed by atoms with Gasteiger partial charge >= 0.3 is 5.97 Å². The van der Waals surface area contributed by atoms with E-state index in [-0.39, 0.29) is 24.2 Å². The van der Waals surface area contributed by atoms with E-state index < -0.39 is 18.5 Å². The van der Waals surface area contributed by atoms with Gasteiger partial charge < -0.3 is 24.8 Å². The van der Waals surface area contributed by atoms with Crippen molar-refractivity contribution in [3.05, 3.63) is 78.4 Å². The van der Waals surface area contributed by atoms with E-state index in [2.05, 4.69) is 43.5 Å². The van der Waals surface area contributed by atoms with Gasteiger partial charge in [-0.15, -0.1) is 0 Å². The molecule has 3 rings (SSSR count). The molecule has 200 valence electrons.